The molecule has 39 heavy (non-hydrogen) atoms. The molecule has 0 saturated carbocycles. The van der Waals surface area contributed by atoms with Gasteiger partial charge in [0.15, 0.2) is 0 Å². The SMILES string of the molecule is Cc1cc2nc(CC[C@H](NC(=O)OC(C)(C)C)C(=O)OCc3ccccc3)n(-c3ccc(F)cc3)c2cc1C. The number of alkyl carbamates (subject to hydrolysis) is 1. The van der Waals surface area contributed by atoms with Gasteiger partial charge in [0.2, 0.25) is 0 Å². The molecule has 0 aliphatic rings. The van der Waals surface area contributed by atoms with Crippen LogP contribution < -0.4 is 5.32 Å². The molecule has 0 fully saturated rings. The molecule has 0 spiro atoms. The van der Waals surface area contributed by atoms with E-state index in [-0.39, 0.29) is 18.8 Å². The van der Waals surface area contributed by atoms with Crippen LogP contribution in [0.4, 0.5) is 9.18 Å². The van der Waals surface area contributed by atoms with Crippen molar-refractivity contribution in [1.29, 1.82) is 0 Å². The van der Waals surface area contributed by atoms with E-state index in [1.165, 1.54) is 12.1 Å². The van der Waals surface area contributed by atoms with Crippen molar-refractivity contribution in [3.8, 4) is 5.69 Å². The molecule has 4 rings (SSSR count). The Hall–Kier alpha value is -4.20. The molecule has 3 aromatic carbocycles. The first kappa shape index (κ1) is 27.8. The van der Waals surface area contributed by atoms with Crippen LogP contribution in [0.1, 0.15) is 49.7 Å². The normalized spacial score (nSPS) is 12.3. The van der Waals surface area contributed by atoms with Gasteiger partial charge >= 0.3 is 12.1 Å². The number of fused-ring (bicyclic) bond motifs is 1. The molecule has 1 aromatic heterocycles. The minimum absolute atomic E-state index is 0.0822. The van der Waals surface area contributed by atoms with Gasteiger partial charge < -0.3 is 14.8 Å². The molecular formula is C31H34FN3O4. The predicted molar refractivity (Wildman–Crippen MR) is 148 cm³/mol. The number of imidazole rings is 1. The molecule has 8 heteroatoms. The standard InChI is InChI=1S/C31H34FN3O4/c1-20-17-26-27(18-21(20)2)35(24-13-11-23(32)12-14-24)28(33-26)16-15-25(34-30(37)39-31(3,4)5)29(36)38-19-22-9-7-6-8-10-22/h6-14,17-18,25H,15-16,19H2,1-5H3,(H,34,37)/t25-/m0/s1. The smallest absolute Gasteiger partial charge is 0.408 e. The fraction of sp³-hybridized carbons (Fsp3) is 0.323. The Kier molecular flexibility index (Phi) is 8.33. The summed E-state index contributed by atoms with van der Waals surface area (Å²) in [5.74, 6) is -0.228. The lowest BCUT2D eigenvalue weighted by atomic mass is 10.1. The second-order valence-corrected chi connectivity index (χ2v) is 10.6. The van der Waals surface area contributed by atoms with E-state index in [1.807, 2.05) is 54.8 Å². The molecule has 1 amide bonds. The van der Waals surface area contributed by atoms with E-state index in [2.05, 4.69) is 11.4 Å². The van der Waals surface area contributed by atoms with Crippen LogP contribution in [0.25, 0.3) is 16.7 Å². The zero-order valence-electron chi connectivity index (χ0n) is 23.0. The van der Waals surface area contributed by atoms with E-state index in [0.717, 1.165) is 33.4 Å². The van der Waals surface area contributed by atoms with Gasteiger partial charge in [0.05, 0.1) is 11.0 Å². The maximum absolute atomic E-state index is 13.7. The predicted octanol–water partition coefficient (Wildman–Crippen LogP) is 6.35. The number of ether oxygens (including phenoxy) is 2. The van der Waals surface area contributed by atoms with Crippen molar-refractivity contribution in [3.05, 3.63) is 95.1 Å². The number of carbonyl (C=O) groups is 2. The third-order valence-electron chi connectivity index (χ3n) is 6.28. The lowest BCUT2D eigenvalue weighted by Gasteiger charge is -2.23. The van der Waals surface area contributed by atoms with Gasteiger partial charge in [-0.3, -0.25) is 4.57 Å². The summed E-state index contributed by atoms with van der Waals surface area (Å²) in [6.07, 6.45) is -0.150. The summed E-state index contributed by atoms with van der Waals surface area (Å²) < 4.78 is 26.6. The first-order valence-electron chi connectivity index (χ1n) is 12.9. The molecule has 0 saturated heterocycles. The Balaban J connectivity index is 1.62. The molecule has 1 atom stereocenters. The van der Waals surface area contributed by atoms with Gasteiger partial charge in [-0.15, -0.1) is 0 Å². The Morgan fingerprint density at radius 2 is 1.67 bits per heavy atom. The van der Waals surface area contributed by atoms with Crippen molar-refractivity contribution in [3.63, 3.8) is 0 Å². The number of aryl methyl sites for hydroxylation is 3. The maximum Gasteiger partial charge on any atom is 0.408 e. The topological polar surface area (TPSA) is 82.4 Å². The molecule has 0 bridgehead atoms. The molecule has 1 N–H and O–H groups in total. The van der Waals surface area contributed by atoms with E-state index >= 15 is 0 Å². The summed E-state index contributed by atoms with van der Waals surface area (Å²) in [7, 11) is 0. The Morgan fingerprint density at radius 1 is 1.00 bits per heavy atom. The monoisotopic (exact) mass is 531 g/mol. The van der Waals surface area contributed by atoms with Crippen LogP contribution in [0, 0.1) is 19.7 Å². The van der Waals surface area contributed by atoms with Gasteiger partial charge in [-0.05, 0) is 94.1 Å². The number of hydrogen-bond acceptors (Lipinski definition) is 5. The minimum atomic E-state index is -0.964. The van der Waals surface area contributed by atoms with Crippen LogP contribution in [0.3, 0.4) is 0 Å². The highest BCUT2D eigenvalue weighted by molar-refractivity contribution is 5.82. The first-order chi connectivity index (χ1) is 18.5. The van der Waals surface area contributed by atoms with Crippen LogP contribution in [-0.2, 0) is 27.3 Å². The number of nitrogens with zero attached hydrogens (tertiary/aromatic N) is 2. The van der Waals surface area contributed by atoms with Crippen molar-refractivity contribution >= 4 is 23.1 Å². The summed E-state index contributed by atoms with van der Waals surface area (Å²) in [5.41, 5.74) is 4.74. The number of esters is 1. The number of nitrogens with one attached hydrogen (secondary N) is 1. The van der Waals surface area contributed by atoms with Crippen LogP contribution in [0.15, 0.2) is 66.7 Å². The second kappa shape index (κ2) is 11.7. The number of aromatic nitrogens is 2. The largest absolute Gasteiger partial charge is 0.459 e. The lowest BCUT2D eigenvalue weighted by Crippen LogP contribution is -2.44. The molecule has 0 aliphatic carbocycles. The van der Waals surface area contributed by atoms with Crippen molar-refractivity contribution in [1.82, 2.24) is 14.9 Å². The van der Waals surface area contributed by atoms with Gasteiger partial charge in [0.25, 0.3) is 0 Å². The van der Waals surface area contributed by atoms with Gasteiger partial charge in [-0.25, -0.2) is 19.0 Å². The van der Waals surface area contributed by atoms with Crippen LogP contribution >= 0.6 is 0 Å². The Labute approximate surface area is 228 Å². The van der Waals surface area contributed by atoms with Crippen LogP contribution in [-0.4, -0.2) is 33.3 Å². The van der Waals surface area contributed by atoms with E-state index in [9.17, 15) is 14.0 Å². The van der Waals surface area contributed by atoms with E-state index < -0.39 is 23.7 Å². The van der Waals surface area contributed by atoms with Crippen molar-refractivity contribution < 1.29 is 23.5 Å². The van der Waals surface area contributed by atoms with Crippen LogP contribution in [0.2, 0.25) is 0 Å². The lowest BCUT2D eigenvalue weighted by molar-refractivity contribution is -0.147. The highest BCUT2D eigenvalue weighted by Gasteiger charge is 2.27. The second-order valence-electron chi connectivity index (χ2n) is 10.6. The number of carbonyl (C=O) groups excluding carboxylic acids is 2. The highest BCUT2D eigenvalue weighted by Crippen LogP contribution is 2.26. The number of halogens is 1. The fourth-order valence-electron chi connectivity index (χ4n) is 4.23. The van der Waals surface area contributed by atoms with Crippen molar-refractivity contribution in [2.45, 2.75) is 65.7 Å². The van der Waals surface area contributed by atoms with Crippen LogP contribution in [0.5, 0.6) is 0 Å². The first-order valence-corrected chi connectivity index (χ1v) is 12.9. The summed E-state index contributed by atoms with van der Waals surface area (Å²) in [6.45, 7) is 9.40. The van der Waals surface area contributed by atoms with Gasteiger partial charge in [-0.2, -0.15) is 0 Å². The van der Waals surface area contributed by atoms with E-state index in [0.29, 0.717) is 12.2 Å². The maximum atomic E-state index is 13.7. The third-order valence-corrected chi connectivity index (χ3v) is 6.28. The summed E-state index contributed by atoms with van der Waals surface area (Å²) in [4.78, 5) is 30.6. The summed E-state index contributed by atoms with van der Waals surface area (Å²) in [6, 6.07) is 18.6. The van der Waals surface area contributed by atoms with Crippen molar-refractivity contribution in [2.75, 3.05) is 0 Å². The molecule has 0 aliphatic heterocycles. The Bertz CT molecular complexity index is 1460. The molecule has 1 heterocycles. The molecular weight excluding hydrogens is 497 g/mol. The van der Waals surface area contributed by atoms with E-state index in [4.69, 9.17) is 14.5 Å². The molecule has 204 valence electrons. The fourth-order valence-corrected chi connectivity index (χ4v) is 4.23. The van der Waals surface area contributed by atoms with E-state index in [1.54, 1.807) is 32.9 Å². The highest BCUT2D eigenvalue weighted by atomic mass is 19.1. The average Bonchev–Trinajstić information content (AvgIpc) is 3.22. The molecule has 0 unspecified atom stereocenters. The quantitative estimate of drug-likeness (QED) is 0.268. The van der Waals surface area contributed by atoms with Gasteiger partial charge in [-0.1, -0.05) is 30.3 Å². The number of benzene rings is 3. The summed E-state index contributed by atoms with van der Waals surface area (Å²) in [5, 5.41) is 2.68. The van der Waals surface area contributed by atoms with Gasteiger partial charge in [0.1, 0.15) is 29.9 Å². The number of hydrogen-bond donors (Lipinski definition) is 1. The number of rotatable bonds is 8. The average molecular weight is 532 g/mol. The van der Waals surface area contributed by atoms with Gasteiger partial charge in [0, 0.05) is 12.1 Å². The third kappa shape index (κ3) is 7.22. The minimum Gasteiger partial charge on any atom is -0.459 e. The summed E-state index contributed by atoms with van der Waals surface area (Å²) >= 11 is 0. The molecule has 4 aromatic rings. The zero-order chi connectivity index (χ0) is 28.2. The Morgan fingerprint density at radius 3 is 2.33 bits per heavy atom. The van der Waals surface area contributed by atoms with Crippen molar-refractivity contribution in [2.24, 2.45) is 0 Å². The number of amides is 1. The molecule has 0 radical (unpaired) electrons. The zero-order valence-corrected chi connectivity index (χ0v) is 23.0. The molecule has 7 nitrogen and oxygen atoms in total.